The average molecular weight is 477 g/mol. The van der Waals surface area contributed by atoms with Crippen molar-refractivity contribution in [3.63, 3.8) is 0 Å². The van der Waals surface area contributed by atoms with Gasteiger partial charge in [-0.05, 0) is 50.3 Å². The van der Waals surface area contributed by atoms with Crippen LogP contribution in [0.2, 0.25) is 0 Å². The Hall–Kier alpha value is -2.46. The number of carbonyl (C=O) groups is 3. The van der Waals surface area contributed by atoms with Crippen molar-refractivity contribution in [1.29, 1.82) is 0 Å². The van der Waals surface area contributed by atoms with Crippen molar-refractivity contribution in [2.75, 3.05) is 32.7 Å². The molecule has 4 amide bonds. The number of nitrogens with zero attached hydrogens (tertiary/aromatic N) is 3. The van der Waals surface area contributed by atoms with E-state index in [-0.39, 0.29) is 43.5 Å². The molecule has 1 saturated carbocycles. The van der Waals surface area contributed by atoms with Crippen molar-refractivity contribution in [3.05, 3.63) is 29.8 Å². The SMILES string of the molecule is CC1(C)NC(=O)N(CC(=O)N2CCN(S(=O)(=O)c3ccc(C4CCCCC4)cc3)CC2)C1=O. The summed E-state index contributed by atoms with van der Waals surface area (Å²) in [5, 5.41) is 2.55. The Bertz CT molecular complexity index is 1020. The Morgan fingerprint density at radius 3 is 2.15 bits per heavy atom. The van der Waals surface area contributed by atoms with E-state index < -0.39 is 27.5 Å². The molecule has 1 aliphatic carbocycles. The number of rotatable bonds is 5. The molecule has 180 valence electrons. The summed E-state index contributed by atoms with van der Waals surface area (Å²) in [4.78, 5) is 39.7. The fourth-order valence-electron chi connectivity index (χ4n) is 4.87. The van der Waals surface area contributed by atoms with Gasteiger partial charge in [0.25, 0.3) is 5.91 Å². The minimum atomic E-state index is -3.65. The zero-order valence-corrected chi connectivity index (χ0v) is 20.1. The first-order chi connectivity index (χ1) is 15.6. The second kappa shape index (κ2) is 9.06. The highest BCUT2D eigenvalue weighted by atomic mass is 32.2. The molecule has 4 rings (SSSR count). The van der Waals surface area contributed by atoms with E-state index in [0.717, 1.165) is 17.7 Å². The largest absolute Gasteiger partial charge is 0.338 e. The van der Waals surface area contributed by atoms with Gasteiger partial charge in [-0.2, -0.15) is 4.31 Å². The number of sulfonamides is 1. The number of carbonyl (C=O) groups excluding carboxylic acids is 3. The van der Waals surface area contributed by atoms with Crippen molar-refractivity contribution < 1.29 is 22.8 Å². The molecule has 1 aromatic carbocycles. The molecular formula is C23H32N4O5S. The Balaban J connectivity index is 1.34. The summed E-state index contributed by atoms with van der Waals surface area (Å²) in [6, 6.07) is 6.66. The van der Waals surface area contributed by atoms with Gasteiger partial charge >= 0.3 is 6.03 Å². The third-order valence-electron chi connectivity index (χ3n) is 6.92. The van der Waals surface area contributed by atoms with Crippen LogP contribution in [0.25, 0.3) is 0 Å². The molecule has 9 nitrogen and oxygen atoms in total. The van der Waals surface area contributed by atoms with Gasteiger partial charge in [-0.25, -0.2) is 13.2 Å². The summed E-state index contributed by atoms with van der Waals surface area (Å²) < 4.78 is 27.6. The lowest BCUT2D eigenvalue weighted by Gasteiger charge is -2.34. The number of nitrogens with one attached hydrogen (secondary N) is 1. The molecule has 2 aliphatic heterocycles. The highest BCUT2D eigenvalue weighted by Gasteiger charge is 2.45. The van der Waals surface area contributed by atoms with Crippen LogP contribution in [0.3, 0.4) is 0 Å². The van der Waals surface area contributed by atoms with E-state index in [4.69, 9.17) is 0 Å². The van der Waals surface area contributed by atoms with Crippen molar-refractivity contribution in [1.82, 2.24) is 19.4 Å². The minimum Gasteiger partial charge on any atom is -0.338 e. The van der Waals surface area contributed by atoms with E-state index in [1.807, 2.05) is 12.1 Å². The molecule has 0 atom stereocenters. The third kappa shape index (κ3) is 4.77. The van der Waals surface area contributed by atoms with Gasteiger partial charge in [0.1, 0.15) is 12.1 Å². The first-order valence-electron chi connectivity index (χ1n) is 11.6. The fraction of sp³-hybridized carbons (Fsp3) is 0.609. The van der Waals surface area contributed by atoms with Gasteiger partial charge in [0.2, 0.25) is 15.9 Å². The molecule has 0 radical (unpaired) electrons. The molecule has 3 aliphatic rings. The maximum Gasteiger partial charge on any atom is 0.325 e. The maximum atomic E-state index is 13.1. The van der Waals surface area contributed by atoms with Gasteiger partial charge in [0.05, 0.1) is 4.90 Å². The van der Waals surface area contributed by atoms with Crippen molar-refractivity contribution in [2.24, 2.45) is 0 Å². The van der Waals surface area contributed by atoms with Crippen LogP contribution >= 0.6 is 0 Å². The van der Waals surface area contributed by atoms with E-state index in [9.17, 15) is 22.8 Å². The summed E-state index contributed by atoms with van der Waals surface area (Å²) in [7, 11) is -3.65. The highest BCUT2D eigenvalue weighted by Crippen LogP contribution is 2.33. The Morgan fingerprint density at radius 2 is 1.61 bits per heavy atom. The lowest BCUT2D eigenvalue weighted by Crippen LogP contribution is -2.53. The van der Waals surface area contributed by atoms with Crippen LogP contribution in [0.5, 0.6) is 0 Å². The standard InChI is InChI=1S/C23H32N4O5S/c1-23(2)21(29)27(22(30)24-23)16-20(28)25-12-14-26(15-13-25)33(31,32)19-10-8-18(9-11-19)17-6-4-3-5-7-17/h8-11,17H,3-7,12-16H2,1-2H3,(H,24,30). The van der Waals surface area contributed by atoms with Gasteiger partial charge in [-0.3, -0.25) is 14.5 Å². The van der Waals surface area contributed by atoms with Crippen molar-refractivity contribution in [3.8, 4) is 0 Å². The summed E-state index contributed by atoms with van der Waals surface area (Å²) in [5.41, 5.74) is 0.171. The molecule has 33 heavy (non-hydrogen) atoms. The molecule has 2 saturated heterocycles. The van der Waals surface area contributed by atoms with Crippen LogP contribution in [-0.2, 0) is 19.6 Å². The minimum absolute atomic E-state index is 0.171. The monoisotopic (exact) mass is 476 g/mol. The van der Waals surface area contributed by atoms with Crippen molar-refractivity contribution in [2.45, 2.75) is 62.3 Å². The predicted molar refractivity (Wildman–Crippen MR) is 122 cm³/mol. The van der Waals surface area contributed by atoms with Crippen LogP contribution in [0.15, 0.2) is 29.2 Å². The quantitative estimate of drug-likeness (QED) is 0.653. The molecular weight excluding hydrogens is 444 g/mol. The van der Waals surface area contributed by atoms with E-state index in [2.05, 4.69) is 5.32 Å². The maximum absolute atomic E-state index is 13.1. The van der Waals surface area contributed by atoms with Gasteiger partial charge < -0.3 is 10.2 Å². The first kappa shape index (κ1) is 23.7. The Morgan fingerprint density at radius 1 is 1.00 bits per heavy atom. The van der Waals surface area contributed by atoms with E-state index in [1.165, 1.54) is 34.0 Å². The zero-order valence-electron chi connectivity index (χ0n) is 19.2. The zero-order chi connectivity index (χ0) is 23.8. The number of benzene rings is 1. The number of hydrogen-bond donors (Lipinski definition) is 1. The van der Waals surface area contributed by atoms with Gasteiger partial charge in [-0.15, -0.1) is 0 Å². The second-order valence-corrected chi connectivity index (χ2v) is 11.6. The molecule has 10 heteroatoms. The number of piperazine rings is 1. The lowest BCUT2D eigenvalue weighted by atomic mass is 9.84. The predicted octanol–water partition coefficient (Wildman–Crippen LogP) is 1.90. The normalized spacial score (nSPS) is 22.5. The molecule has 0 unspecified atom stereocenters. The van der Waals surface area contributed by atoms with Crippen LogP contribution in [0.4, 0.5) is 4.79 Å². The molecule has 2 heterocycles. The number of amides is 4. The topological polar surface area (TPSA) is 107 Å². The fourth-order valence-corrected chi connectivity index (χ4v) is 6.29. The van der Waals surface area contributed by atoms with Crippen LogP contribution in [0, 0.1) is 0 Å². The van der Waals surface area contributed by atoms with Gasteiger partial charge in [0.15, 0.2) is 0 Å². The Labute approximate surface area is 195 Å². The van der Waals surface area contributed by atoms with E-state index in [0.29, 0.717) is 5.92 Å². The summed E-state index contributed by atoms with van der Waals surface area (Å²) in [6.45, 7) is 3.60. The molecule has 1 N–H and O–H groups in total. The number of imide groups is 1. The lowest BCUT2D eigenvalue weighted by molar-refractivity contribution is -0.139. The summed E-state index contributed by atoms with van der Waals surface area (Å²) in [6.07, 6.45) is 6.04. The van der Waals surface area contributed by atoms with E-state index >= 15 is 0 Å². The van der Waals surface area contributed by atoms with Gasteiger partial charge in [0, 0.05) is 26.2 Å². The number of urea groups is 1. The third-order valence-corrected chi connectivity index (χ3v) is 8.84. The van der Waals surface area contributed by atoms with Gasteiger partial charge in [-0.1, -0.05) is 31.4 Å². The van der Waals surface area contributed by atoms with Crippen LogP contribution in [0.1, 0.15) is 57.4 Å². The summed E-state index contributed by atoms with van der Waals surface area (Å²) >= 11 is 0. The average Bonchev–Trinajstić information content (AvgIpc) is 3.01. The molecule has 0 aromatic heterocycles. The molecule has 0 spiro atoms. The number of hydrogen-bond acceptors (Lipinski definition) is 5. The smallest absolute Gasteiger partial charge is 0.325 e. The summed E-state index contributed by atoms with van der Waals surface area (Å²) in [5.74, 6) is -0.302. The second-order valence-electron chi connectivity index (χ2n) is 9.64. The molecule has 1 aromatic rings. The molecule has 3 fully saturated rings. The van der Waals surface area contributed by atoms with Crippen molar-refractivity contribution >= 4 is 27.9 Å². The van der Waals surface area contributed by atoms with Crippen LogP contribution < -0.4 is 5.32 Å². The molecule has 0 bridgehead atoms. The first-order valence-corrected chi connectivity index (χ1v) is 13.1. The van der Waals surface area contributed by atoms with E-state index in [1.54, 1.807) is 26.0 Å². The Kier molecular flexibility index (Phi) is 6.50. The van der Waals surface area contributed by atoms with Crippen LogP contribution in [-0.4, -0.2) is 78.6 Å². The highest BCUT2D eigenvalue weighted by molar-refractivity contribution is 7.89.